The topological polar surface area (TPSA) is 59.7 Å². The molecule has 1 fully saturated rings. The standard InChI is InChI=1S/C21H21F3N4O2/c1-13-10-18(21(22,23)24)28-19(25-13)12-15(26-28)16-7-5-9-27(16)20(29)11-14-6-3-4-8-17(14)30-2/h3-4,6,8,10,12,16H,5,7,9,11H2,1-2H3. The van der Waals surface area contributed by atoms with Gasteiger partial charge in [0.25, 0.3) is 0 Å². The van der Waals surface area contributed by atoms with E-state index in [0.29, 0.717) is 24.4 Å². The number of fused-ring (bicyclic) bond motifs is 1. The van der Waals surface area contributed by atoms with E-state index in [0.717, 1.165) is 22.6 Å². The first-order chi connectivity index (χ1) is 14.3. The number of aromatic nitrogens is 3. The molecule has 1 saturated heterocycles. The van der Waals surface area contributed by atoms with Gasteiger partial charge in [-0.25, -0.2) is 9.50 Å². The van der Waals surface area contributed by atoms with Crippen LogP contribution in [0.5, 0.6) is 5.75 Å². The molecule has 1 aromatic carbocycles. The van der Waals surface area contributed by atoms with Gasteiger partial charge < -0.3 is 9.64 Å². The third kappa shape index (κ3) is 3.71. The number of rotatable bonds is 4. The molecule has 0 spiro atoms. The van der Waals surface area contributed by atoms with E-state index < -0.39 is 11.9 Å². The van der Waals surface area contributed by atoms with Crippen LogP contribution in [0.2, 0.25) is 0 Å². The van der Waals surface area contributed by atoms with Gasteiger partial charge in [0.15, 0.2) is 5.65 Å². The van der Waals surface area contributed by atoms with Crippen LogP contribution in [0.4, 0.5) is 13.2 Å². The van der Waals surface area contributed by atoms with E-state index in [2.05, 4.69) is 10.1 Å². The maximum atomic E-state index is 13.4. The Morgan fingerprint density at radius 1 is 1.27 bits per heavy atom. The van der Waals surface area contributed by atoms with Crippen molar-refractivity contribution in [1.29, 1.82) is 0 Å². The Kier molecular flexibility index (Phi) is 5.13. The third-order valence-corrected chi connectivity index (χ3v) is 5.31. The fourth-order valence-electron chi connectivity index (χ4n) is 3.97. The summed E-state index contributed by atoms with van der Waals surface area (Å²) in [6, 6.07) is 9.42. The van der Waals surface area contributed by atoms with Crippen molar-refractivity contribution in [2.24, 2.45) is 0 Å². The van der Waals surface area contributed by atoms with Crippen LogP contribution in [0, 0.1) is 6.92 Å². The Hall–Kier alpha value is -3.10. The Morgan fingerprint density at radius 3 is 2.77 bits per heavy atom. The molecule has 2 aromatic heterocycles. The Balaban J connectivity index is 1.65. The average Bonchev–Trinajstić information content (AvgIpc) is 3.33. The summed E-state index contributed by atoms with van der Waals surface area (Å²) in [6.45, 7) is 2.05. The zero-order chi connectivity index (χ0) is 21.5. The smallest absolute Gasteiger partial charge is 0.433 e. The molecule has 1 amide bonds. The molecule has 1 aliphatic rings. The summed E-state index contributed by atoms with van der Waals surface area (Å²) in [5.74, 6) is 0.517. The molecule has 0 aliphatic carbocycles. The molecule has 1 atom stereocenters. The highest BCUT2D eigenvalue weighted by Crippen LogP contribution is 2.35. The van der Waals surface area contributed by atoms with Crippen molar-refractivity contribution < 1.29 is 22.7 Å². The molecule has 0 saturated carbocycles. The number of amides is 1. The van der Waals surface area contributed by atoms with Crippen LogP contribution in [0.25, 0.3) is 5.65 Å². The second kappa shape index (κ2) is 7.62. The van der Waals surface area contributed by atoms with Gasteiger partial charge in [-0.05, 0) is 31.9 Å². The van der Waals surface area contributed by atoms with Crippen LogP contribution >= 0.6 is 0 Å². The zero-order valence-corrected chi connectivity index (χ0v) is 16.6. The number of methoxy groups -OCH3 is 1. The maximum absolute atomic E-state index is 13.4. The Labute approximate surface area is 171 Å². The second-order valence-corrected chi connectivity index (χ2v) is 7.35. The molecule has 9 heteroatoms. The number of benzene rings is 1. The first-order valence-electron chi connectivity index (χ1n) is 9.64. The van der Waals surface area contributed by atoms with Crippen molar-refractivity contribution in [1.82, 2.24) is 19.5 Å². The van der Waals surface area contributed by atoms with Crippen molar-refractivity contribution >= 4 is 11.6 Å². The van der Waals surface area contributed by atoms with Crippen LogP contribution in [0.15, 0.2) is 36.4 Å². The van der Waals surface area contributed by atoms with Crippen molar-refractivity contribution in [2.45, 2.75) is 38.4 Å². The van der Waals surface area contributed by atoms with Gasteiger partial charge in [-0.15, -0.1) is 0 Å². The van der Waals surface area contributed by atoms with E-state index in [-0.39, 0.29) is 29.7 Å². The van der Waals surface area contributed by atoms with Crippen molar-refractivity contribution in [3.63, 3.8) is 0 Å². The van der Waals surface area contributed by atoms with Crippen LogP contribution in [0.3, 0.4) is 0 Å². The SMILES string of the molecule is COc1ccccc1CC(=O)N1CCCC1c1cc2nc(C)cc(C(F)(F)F)n2n1. The van der Waals surface area contributed by atoms with Gasteiger partial charge >= 0.3 is 6.18 Å². The number of carbonyl (C=O) groups is 1. The molecule has 4 rings (SSSR count). The summed E-state index contributed by atoms with van der Waals surface area (Å²) in [5, 5.41) is 4.19. The number of hydrogen-bond donors (Lipinski definition) is 0. The highest BCUT2D eigenvalue weighted by molar-refractivity contribution is 5.80. The highest BCUT2D eigenvalue weighted by atomic mass is 19.4. The fourth-order valence-corrected chi connectivity index (χ4v) is 3.97. The number of carbonyl (C=O) groups excluding carboxylic acids is 1. The van der Waals surface area contributed by atoms with E-state index in [1.165, 1.54) is 6.92 Å². The number of likely N-dealkylation sites (tertiary alicyclic amines) is 1. The molecule has 3 heterocycles. The molecule has 158 valence electrons. The molecule has 0 bridgehead atoms. The van der Waals surface area contributed by atoms with Crippen LogP contribution in [0.1, 0.15) is 41.5 Å². The number of ether oxygens (including phenoxy) is 1. The lowest BCUT2D eigenvalue weighted by Crippen LogP contribution is -2.32. The summed E-state index contributed by atoms with van der Waals surface area (Å²) in [4.78, 5) is 18.9. The van der Waals surface area contributed by atoms with Gasteiger partial charge in [-0.3, -0.25) is 4.79 Å². The second-order valence-electron chi connectivity index (χ2n) is 7.35. The lowest BCUT2D eigenvalue weighted by molar-refractivity contribution is -0.142. The zero-order valence-electron chi connectivity index (χ0n) is 16.6. The number of nitrogens with zero attached hydrogens (tertiary/aromatic N) is 4. The molecular weight excluding hydrogens is 397 g/mol. The fraction of sp³-hybridized carbons (Fsp3) is 0.381. The molecular formula is C21H21F3N4O2. The van der Waals surface area contributed by atoms with Crippen LogP contribution in [-0.4, -0.2) is 39.1 Å². The van der Waals surface area contributed by atoms with Gasteiger partial charge in [0.1, 0.15) is 11.4 Å². The molecule has 3 aromatic rings. The van der Waals surface area contributed by atoms with E-state index in [1.807, 2.05) is 18.2 Å². The molecule has 0 radical (unpaired) electrons. The molecule has 1 aliphatic heterocycles. The minimum absolute atomic E-state index is 0.112. The largest absolute Gasteiger partial charge is 0.496 e. The molecule has 0 N–H and O–H groups in total. The summed E-state index contributed by atoms with van der Waals surface area (Å²) >= 11 is 0. The van der Waals surface area contributed by atoms with Crippen molar-refractivity contribution in [3.05, 3.63) is 59.0 Å². The first-order valence-corrected chi connectivity index (χ1v) is 9.64. The predicted molar refractivity (Wildman–Crippen MR) is 103 cm³/mol. The quantitative estimate of drug-likeness (QED) is 0.643. The van der Waals surface area contributed by atoms with Gasteiger partial charge in [0.2, 0.25) is 5.91 Å². The van der Waals surface area contributed by atoms with Gasteiger partial charge in [0, 0.05) is 23.9 Å². The van der Waals surface area contributed by atoms with Gasteiger partial charge in [-0.2, -0.15) is 18.3 Å². The van der Waals surface area contributed by atoms with E-state index in [1.54, 1.807) is 24.1 Å². The maximum Gasteiger partial charge on any atom is 0.433 e. The Bertz CT molecular complexity index is 1090. The number of hydrogen-bond acceptors (Lipinski definition) is 4. The summed E-state index contributed by atoms with van der Waals surface area (Å²) in [5.41, 5.74) is 0.700. The summed E-state index contributed by atoms with van der Waals surface area (Å²) in [7, 11) is 1.55. The molecule has 6 nitrogen and oxygen atoms in total. The lowest BCUT2D eigenvalue weighted by Gasteiger charge is -2.23. The van der Waals surface area contributed by atoms with E-state index in [4.69, 9.17) is 4.74 Å². The number of aryl methyl sites for hydroxylation is 1. The minimum atomic E-state index is -4.55. The average molecular weight is 418 g/mol. The number of alkyl halides is 3. The minimum Gasteiger partial charge on any atom is -0.496 e. The normalized spacial score (nSPS) is 17.0. The number of halogens is 3. The molecule has 30 heavy (non-hydrogen) atoms. The van der Waals surface area contributed by atoms with Crippen molar-refractivity contribution in [3.8, 4) is 5.75 Å². The molecule has 1 unspecified atom stereocenters. The number of para-hydroxylation sites is 1. The highest BCUT2D eigenvalue weighted by Gasteiger charge is 2.37. The van der Waals surface area contributed by atoms with Crippen LogP contribution in [-0.2, 0) is 17.4 Å². The summed E-state index contributed by atoms with van der Waals surface area (Å²) < 4.78 is 46.5. The van der Waals surface area contributed by atoms with E-state index in [9.17, 15) is 18.0 Å². The van der Waals surface area contributed by atoms with Crippen molar-refractivity contribution in [2.75, 3.05) is 13.7 Å². The van der Waals surface area contributed by atoms with Gasteiger partial charge in [0.05, 0.1) is 25.3 Å². The third-order valence-electron chi connectivity index (χ3n) is 5.31. The Morgan fingerprint density at radius 2 is 2.03 bits per heavy atom. The summed E-state index contributed by atoms with van der Waals surface area (Å²) in [6.07, 6.45) is -3.00. The van der Waals surface area contributed by atoms with Gasteiger partial charge in [-0.1, -0.05) is 18.2 Å². The first kappa shape index (κ1) is 20.2. The van der Waals surface area contributed by atoms with E-state index >= 15 is 0 Å². The lowest BCUT2D eigenvalue weighted by atomic mass is 10.1. The van der Waals surface area contributed by atoms with Crippen LogP contribution < -0.4 is 4.74 Å². The monoisotopic (exact) mass is 418 g/mol. The predicted octanol–water partition coefficient (Wildman–Crippen LogP) is 3.97.